The molecule has 23 heavy (non-hydrogen) atoms. The van der Waals surface area contributed by atoms with Crippen LogP contribution in [0.4, 0.5) is 5.82 Å². The van der Waals surface area contributed by atoms with Crippen molar-refractivity contribution < 1.29 is 9.47 Å². The van der Waals surface area contributed by atoms with Crippen molar-refractivity contribution in [2.24, 2.45) is 5.92 Å². The van der Waals surface area contributed by atoms with Crippen LogP contribution in [-0.4, -0.2) is 47.1 Å². The van der Waals surface area contributed by atoms with Crippen molar-refractivity contribution in [3.05, 3.63) is 18.1 Å². The summed E-state index contributed by atoms with van der Waals surface area (Å²) >= 11 is 0. The highest BCUT2D eigenvalue weighted by Crippen LogP contribution is 2.30. The predicted octanol–water partition coefficient (Wildman–Crippen LogP) is 1.24. The third-order valence-electron chi connectivity index (χ3n) is 4.90. The molecular formula is C16H23N5O2. The van der Waals surface area contributed by atoms with Gasteiger partial charge >= 0.3 is 0 Å². The zero-order valence-corrected chi connectivity index (χ0v) is 13.4. The molecule has 4 rings (SSSR count). The lowest BCUT2D eigenvalue weighted by molar-refractivity contribution is -0.223. The van der Waals surface area contributed by atoms with Crippen LogP contribution in [0, 0.1) is 12.8 Å². The molecule has 2 aromatic rings. The minimum atomic E-state index is -0.0732. The van der Waals surface area contributed by atoms with Crippen LogP contribution in [0.15, 0.2) is 12.5 Å². The summed E-state index contributed by atoms with van der Waals surface area (Å²) in [5, 5.41) is 4.30. The summed E-state index contributed by atoms with van der Waals surface area (Å²) in [6.45, 7) is 5.41. The van der Waals surface area contributed by atoms with Gasteiger partial charge in [-0.25, -0.2) is 9.97 Å². The summed E-state index contributed by atoms with van der Waals surface area (Å²) in [4.78, 5) is 8.48. The Hall–Kier alpha value is -1.70. The summed E-state index contributed by atoms with van der Waals surface area (Å²) in [5.74, 6) is 1.02. The largest absolute Gasteiger partial charge is 0.383 e. The highest BCUT2D eigenvalue weighted by molar-refractivity contribution is 5.89. The molecular weight excluding hydrogens is 294 g/mol. The van der Waals surface area contributed by atoms with E-state index in [1.54, 1.807) is 0 Å². The molecule has 0 aliphatic carbocycles. The van der Waals surface area contributed by atoms with Gasteiger partial charge in [0.1, 0.15) is 17.8 Å². The van der Waals surface area contributed by atoms with Crippen LogP contribution >= 0.6 is 0 Å². The highest BCUT2D eigenvalue weighted by atomic mass is 16.7. The molecule has 0 atom stereocenters. The quantitative estimate of drug-likeness (QED) is 0.866. The van der Waals surface area contributed by atoms with Crippen molar-refractivity contribution in [3.8, 4) is 0 Å². The fraction of sp³-hybridized carbons (Fsp3) is 0.625. The van der Waals surface area contributed by atoms with Crippen molar-refractivity contribution in [1.82, 2.24) is 19.9 Å². The summed E-state index contributed by atoms with van der Waals surface area (Å²) < 4.78 is 14.2. The van der Waals surface area contributed by atoms with Crippen molar-refractivity contribution in [1.29, 1.82) is 0 Å². The van der Waals surface area contributed by atoms with E-state index in [1.165, 1.54) is 6.33 Å². The second-order valence-electron chi connectivity index (χ2n) is 6.45. The molecule has 0 bridgehead atoms. The third kappa shape index (κ3) is 2.69. The Labute approximate surface area is 135 Å². The number of rotatable bonds is 2. The van der Waals surface area contributed by atoms with Crippen LogP contribution in [0.1, 0.15) is 24.4 Å². The summed E-state index contributed by atoms with van der Waals surface area (Å²) in [7, 11) is 0. The van der Waals surface area contributed by atoms with E-state index in [0.29, 0.717) is 24.9 Å². The standard InChI is InChI=1S/C16H23N5O2/c1-10-6-21(15-13(10)14(17)19-9-20-15)12-7-22-16(23-8-12)11-2-4-18-5-3-11/h6,9,11-12,16,18H,2-5,7-8H2,1H3,(H2,17,19,20). The Morgan fingerprint density at radius 1 is 1.22 bits per heavy atom. The number of hydrogen-bond acceptors (Lipinski definition) is 6. The second-order valence-corrected chi connectivity index (χ2v) is 6.45. The van der Waals surface area contributed by atoms with Gasteiger partial charge in [0.2, 0.25) is 0 Å². The van der Waals surface area contributed by atoms with Gasteiger partial charge in [-0.3, -0.25) is 0 Å². The first-order valence-electron chi connectivity index (χ1n) is 8.25. The summed E-state index contributed by atoms with van der Waals surface area (Å²) in [6, 6.07) is 0.124. The van der Waals surface area contributed by atoms with Gasteiger partial charge in [-0.05, 0) is 38.4 Å². The summed E-state index contributed by atoms with van der Waals surface area (Å²) in [5.41, 5.74) is 7.92. The Bertz CT molecular complexity index is 687. The molecule has 0 aromatic carbocycles. The number of hydrogen-bond donors (Lipinski definition) is 2. The number of anilines is 1. The number of aryl methyl sites for hydroxylation is 1. The Morgan fingerprint density at radius 2 is 1.96 bits per heavy atom. The Kier molecular flexibility index (Phi) is 3.92. The zero-order chi connectivity index (χ0) is 15.8. The fourth-order valence-corrected chi connectivity index (χ4v) is 3.63. The molecule has 2 aliphatic rings. The molecule has 7 nitrogen and oxygen atoms in total. The Balaban J connectivity index is 1.51. The molecule has 2 aromatic heterocycles. The first-order valence-corrected chi connectivity index (χ1v) is 8.25. The number of nitrogen functional groups attached to an aromatic ring is 1. The molecule has 0 unspecified atom stereocenters. The molecule has 2 aliphatic heterocycles. The van der Waals surface area contributed by atoms with Crippen molar-refractivity contribution >= 4 is 16.9 Å². The van der Waals surface area contributed by atoms with E-state index < -0.39 is 0 Å². The minimum absolute atomic E-state index is 0.0732. The zero-order valence-electron chi connectivity index (χ0n) is 13.4. The molecule has 0 amide bonds. The van der Waals surface area contributed by atoms with E-state index in [2.05, 4.69) is 26.0 Å². The van der Waals surface area contributed by atoms with Crippen molar-refractivity contribution in [2.75, 3.05) is 32.0 Å². The molecule has 2 saturated heterocycles. The number of nitrogens with zero attached hydrogens (tertiary/aromatic N) is 3. The monoisotopic (exact) mass is 317 g/mol. The molecule has 0 radical (unpaired) electrons. The lowest BCUT2D eigenvalue weighted by Crippen LogP contribution is -2.42. The number of nitrogens with one attached hydrogen (secondary N) is 1. The van der Waals surface area contributed by atoms with E-state index in [1.807, 2.05) is 6.92 Å². The van der Waals surface area contributed by atoms with Crippen molar-refractivity contribution in [2.45, 2.75) is 32.1 Å². The fourth-order valence-electron chi connectivity index (χ4n) is 3.63. The topological polar surface area (TPSA) is 87.2 Å². The first kappa shape index (κ1) is 14.9. The highest BCUT2D eigenvalue weighted by Gasteiger charge is 2.31. The molecule has 4 heterocycles. The van der Waals surface area contributed by atoms with E-state index in [9.17, 15) is 0 Å². The molecule has 3 N–H and O–H groups in total. The molecule has 0 saturated carbocycles. The number of piperidine rings is 1. The Morgan fingerprint density at radius 3 is 2.70 bits per heavy atom. The van der Waals surface area contributed by atoms with Gasteiger partial charge in [0, 0.05) is 12.1 Å². The van der Waals surface area contributed by atoms with Crippen molar-refractivity contribution in [3.63, 3.8) is 0 Å². The van der Waals surface area contributed by atoms with Crippen LogP contribution in [0.3, 0.4) is 0 Å². The lowest BCUT2D eigenvalue weighted by Gasteiger charge is -2.36. The molecule has 0 spiro atoms. The number of nitrogens with two attached hydrogens (primary N) is 1. The number of aromatic nitrogens is 3. The molecule has 124 valence electrons. The smallest absolute Gasteiger partial charge is 0.160 e. The molecule has 7 heteroatoms. The van der Waals surface area contributed by atoms with E-state index in [4.69, 9.17) is 15.2 Å². The van der Waals surface area contributed by atoms with Gasteiger partial charge in [-0.2, -0.15) is 0 Å². The van der Waals surface area contributed by atoms with Gasteiger partial charge in [0.25, 0.3) is 0 Å². The third-order valence-corrected chi connectivity index (χ3v) is 4.90. The van der Waals surface area contributed by atoms with Crippen LogP contribution in [-0.2, 0) is 9.47 Å². The second kappa shape index (κ2) is 6.07. The average molecular weight is 317 g/mol. The average Bonchev–Trinajstić information content (AvgIpc) is 2.94. The van der Waals surface area contributed by atoms with Gasteiger partial charge in [-0.15, -0.1) is 0 Å². The van der Waals surface area contributed by atoms with Gasteiger partial charge in [0.15, 0.2) is 6.29 Å². The normalized spacial score (nSPS) is 26.7. The van der Waals surface area contributed by atoms with Gasteiger partial charge in [-0.1, -0.05) is 0 Å². The van der Waals surface area contributed by atoms with E-state index in [0.717, 1.165) is 42.5 Å². The molecule has 2 fully saturated rings. The maximum absolute atomic E-state index is 6.03. The lowest BCUT2D eigenvalue weighted by atomic mass is 9.97. The van der Waals surface area contributed by atoms with Crippen LogP contribution < -0.4 is 11.1 Å². The SMILES string of the molecule is Cc1cn(C2COC(C3CCNCC3)OC2)c2ncnc(N)c12. The number of ether oxygens (including phenoxy) is 2. The van der Waals surface area contributed by atoms with E-state index >= 15 is 0 Å². The summed E-state index contributed by atoms with van der Waals surface area (Å²) in [6.07, 6.45) is 5.74. The number of fused-ring (bicyclic) bond motifs is 1. The maximum atomic E-state index is 6.03. The van der Waals surface area contributed by atoms with Crippen LogP contribution in [0.25, 0.3) is 11.0 Å². The van der Waals surface area contributed by atoms with Gasteiger partial charge < -0.3 is 25.1 Å². The van der Waals surface area contributed by atoms with Crippen LogP contribution in [0.2, 0.25) is 0 Å². The van der Waals surface area contributed by atoms with Crippen LogP contribution in [0.5, 0.6) is 0 Å². The predicted molar refractivity (Wildman–Crippen MR) is 87.0 cm³/mol. The maximum Gasteiger partial charge on any atom is 0.160 e. The van der Waals surface area contributed by atoms with Gasteiger partial charge in [0.05, 0.1) is 24.6 Å². The first-order chi connectivity index (χ1) is 11.2. The van der Waals surface area contributed by atoms with E-state index in [-0.39, 0.29) is 12.3 Å². The minimum Gasteiger partial charge on any atom is -0.383 e.